The first-order valence-corrected chi connectivity index (χ1v) is 13.2. The van der Waals surface area contributed by atoms with Gasteiger partial charge >= 0.3 is 0 Å². The standard InChI is InChI=1S/C27H28N4O2S2/c1-17-8-11-19(12-9-17)16-31-26(33)22(35-27(31)34)14-21-24(28-20-6-4-3-5-7-20)29-23-13-10-18(2)15-30(23)25(21)32/h8-15,20,28H,3-7,16H2,1-2H3. The third kappa shape index (κ3) is 5.04. The summed E-state index contributed by atoms with van der Waals surface area (Å²) in [7, 11) is 0. The highest BCUT2D eigenvalue weighted by atomic mass is 32.2. The molecule has 8 heteroatoms. The Hall–Kier alpha value is -2.97. The predicted molar refractivity (Wildman–Crippen MR) is 147 cm³/mol. The van der Waals surface area contributed by atoms with E-state index < -0.39 is 0 Å². The largest absolute Gasteiger partial charge is 0.367 e. The molecule has 1 saturated carbocycles. The number of amides is 1. The molecule has 2 fully saturated rings. The summed E-state index contributed by atoms with van der Waals surface area (Å²) in [6, 6.07) is 12.1. The quantitative estimate of drug-likeness (QED) is 0.368. The summed E-state index contributed by atoms with van der Waals surface area (Å²) in [5.41, 5.74) is 3.93. The summed E-state index contributed by atoms with van der Waals surface area (Å²) in [6.45, 7) is 4.38. The maximum atomic E-state index is 13.6. The Balaban J connectivity index is 1.52. The van der Waals surface area contributed by atoms with Crippen LogP contribution in [0.25, 0.3) is 11.7 Å². The first-order valence-electron chi connectivity index (χ1n) is 12.0. The van der Waals surface area contributed by atoms with E-state index in [-0.39, 0.29) is 17.5 Å². The van der Waals surface area contributed by atoms with Crippen LogP contribution in [0.2, 0.25) is 0 Å². The Bertz CT molecular complexity index is 1390. The van der Waals surface area contributed by atoms with Gasteiger partial charge in [0.2, 0.25) is 0 Å². The molecule has 1 amide bonds. The van der Waals surface area contributed by atoms with E-state index in [2.05, 4.69) is 5.32 Å². The van der Waals surface area contributed by atoms with Crippen molar-refractivity contribution in [2.75, 3.05) is 5.32 Å². The van der Waals surface area contributed by atoms with Gasteiger partial charge in [0.15, 0.2) is 0 Å². The highest BCUT2D eigenvalue weighted by molar-refractivity contribution is 8.26. The number of benzene rings is 1. The molecule has 0 bridgehead atoms. The molecule has 5 rings (SSSR count). The van der Waals surface area contributed by atoms with Crippen molar-refractivity contribution in [1.29, 1.82) is 0 Å². The van der Waals surface area contributed by atoms with E-state index in [1.165, 1.54) is 18.2 Å². The molecular weight excluding hydrogens is 476 g/mol. The summed E-state index contributed by atoms with van der Waals surface area (Å²) in [5.74, 6) is 0.354. The molecule has 3 aromatic rings. The molecule has 0 unspecified atom stereocenters. The molecule has 6 nitrogen and oxygen atoms in total. The average Bonchev–Trinajstić information content (AvgIpc) is 3.11. The van der Waals surface area contributed by atoms with Crippen LogP contribution in [0.4, 0.5) is 5.82 Å². The smallest absolute Gasteiger partial charge is 0.267 e. The number of aryl methyl sites for hydroxylation is 2. The number of rotatable bonds is 5. The molecule has 180 valence electrons. The number of anilines is 1. The van der Waals surface area contributed by atoms with Gasteiger partial charge in [0.05, 0.1) is 17.0 Å². The number of carbonyl (C=O) groups is 1. The van der Waals surface area contributed by atoms with Crippen LogP contribution in [0, 0.1) is 13.8 Å². The minimum atomic E-state index is -0.194. The van der Waals surface area contributed by atoms with Crippen LogP contribution in [0.1, 0.15) is 54.4 Å². The Morgan fingerprint density at radius 1 is 1.06 bits per heavy atom. The molecule has 1 aliphatic heterocycles. The summed E-state index contributed by atoms with van der Waals surface area (Å²) in [6.07, 6.45) is 9.12. The third-order valence-corrected chi connectivity index (χ3v) is 7.94. The number of aromatic nitrogens is 2. The molecule has 0 spiro atoms. The number of thiocarbonyl (C=S) groups is 1. The SMILES string of the molecule is Cc1ccc(CN2C(=O)C(=Cc3c(NC4CCCCC4)nc4ccc(C)cn4c3=O)SC2=S)cc1. The Morgan fingerprint density at radius 2 is 1.77 bits per heavy atom. The van der Waals surface area contributed by atoms with Gasteiger partial charge in [0.1, 0.15) is 15.8 Å². The lowest BCUT2D eigenvalue weighted by Crippen LogP contribution is -2.28. The van der Waals surface area contributed by atoms with Crippen LogP contribution >= 0.6 is 24.0 Å². The fourth-order valence-electron chi connectivity index (χ4n) is 4.58. The number of fused-ring (bicyclic) bond motifs is 1. The first kappa shape index (κ1) is 23.8. The maximum absolute atomic E-state index is 13.6. The van der Waals surface area contributed by atoms with Gasteiger partial charge in [-0.05, 0) is 50.0 Å². The lowest BCUT2D eigenvalue weighted by molar-refractivity contribution is -0.122. The van der Waals surface area contributed by atoms with Crippen molar-refractivity contribution in [1.82, 2.24) is 14.3 Å². The highest BCUT2D eigenvalue weighted by Crippen LogP contribution is 2.34. The van der Waals surface area contributed by atoms with Crippen LogP contribution in [0.15, 0.2) is 52.3 Å². The molecular formula is C27H28N4O2S2. The molecule has 1 saturated heterocycles. The van der Waals surface area contributed by atoms with Gasteiger partial charge < -0.3 is 5.32 Å². The number of hydrogen-bond acceptors (Lipinski definition) is 6. The zero-order chi connectivity index (χ0) is 24.5. The fourth-order valence-corrected chi connectivity index (χ4v) is 5.82. The number of hydrogen-bond donors (Lipinski definition) is 1. The van der Waals surface area contributed by atoms with Gasteiger partial charge in [-0.1, -0.05) is 79.1 Å². The van der Waals surface area contributed by atoms with Crippen molar-refractivity contribution in [2.45, 2.75) is 58.5 Å². The Labute approximate surface area is 214 Å². The van der Waals surface area contributed by atoms with E-state index in [4.69, 9.17) is 17.2 Å². The molecule has 0 atom stereocenters. The minimum Gasteiger partial charge on any atom is -0.367 e. The fraction of sp³-hybridized carbons (Fsp3) is 0.333. The van der Waals surface area contributed by atoms with Gasteiger partial charge in [-0.3, -0.25) is 18.9 Å². The zero-order valence-corrected chi connectivity index (χ0v) is 21.5. The molecule has 0 radical (unpaired) electrons. The summed E-state index contributed by atoms with van der Waals surface area (Å²) >= 11 is 6.78. The second kappa shape index (κ2) is 9.95. The van der Waals surface area contributed by atoms with Gasteiger partial charge in [0.25, 0.3) is 11.5 Å². The van der Waals surface area contributed by atoms with E-state index in [0.29, 0.717) is 32.8 Å². The summed E-state index contributed by atoms with van der Waals surface area (Å²) in [5, 5.41) is 3.52. The van der Waals surface area contributed by atoms with Crippen LogP contribution in [-0.4, -0.2) is 30.6 Å². The number of carbonyl (C=O) groups excluding carboxylic acids is 1. The lowest BCUT2D eigenvalue weighted by Gasteiger charge is -2.24. The van der Waals surface area contributed by atoms with Gasteiger partial charge in [-0.15, -0.1) is 0 Å². The van der Waals surface area contributed by atoms with Crippen molar-refractivity contribution in [2.24, 2.45) is 0 Å². The molecule has 1 N–H and O–H groups in total. The van der Waals surface area contributed by atoms with Crippen LogP contribution < -0.4 is 10.9 Å². The Kier molecular flexibility index (Phi) is 6.75. The average molecular weight is 505 g/mol. The van der Waals surface area contributed by atoms with Gasteiger partial charge in [-0.25, -0.2) is 4.98 Å². The van der Waals surface area contributed by atoms with Gasteiger partial charge in [-0.2, -0.15) is 0 Å². The molecule has 1 aliphatic carbocycles. The summed E-state index contributed by atoms with van der Waals surface area (Å²) in [4.78, 5) is 33.8. The molecule has 35 heavy (non-hydrogen) atoms. The zero-order valence-electron chi connectivity index (χ0n) is 19.9. The van der Waals surface area contributed by atoms with E-state index >= 15 is 0 Å². The number of nitrogens with zero attached hydrogens (tertiary/aromatic N) is 3. The second-order valence-corrected chi connectivity index (χ2v) is 11.0. The highest BCUT2D eigenvalue weighted by Gasteiger charge is 2.33. The molecule has 2 aliphatic rings. The van der Waals surface area contributed by atoms with Crippen molar-refractivity contribution < 1.29 is 4.79 Å². The molecule has 3 heterocycles. The van der Waals surface area contributed by atoms with Crippen molar-refractivity contribution in [3.63, 3.8) is 0 Å². The van der Waals surface area contributed by atoms with E-state index in [9.17, 15) is 9.59 Å². The minimum absolute atomic E-state index is 0.182. The van der Waals surface area contributed by atoms with Crippen molar-refractivity contribution >= 4 is 51.7 Å². The molecule has 2 aromatic heterocycles. The predicted octanol–water partition coefficient (Wildman–Crippen LogP) is 5.46. The number of thioether (sulfide) groups is 1. The third-order valence-electron chi connectivity index (χ3n) is 6.56. The molecule has 1 aromatic carbocycles. The van der Waals surface area contributed by atoms with E-state index in [1.54, 1.807) is 21.6 Å². The maximum Gasteiger partial charge on any atom is 0.267 e. The van der Waals surface area contributed by atoms with Gasteiger partial charge in [0, 0.05) is 12.2 Å². The van der Waals surface area contributed by atoms with E-state index in [1.807, 2.05) is 50.2 Å². The van der Waals surface area contributed by atoms with Crippen LogP contribution in [-0.2, 0) is 11.3 Å². The summed E-state index contributed by atoms with van der Waals surface area (Å²) < 4.78 is 2.05. The normalized spacial score (nSPS) is 18.1. The lowest BCUT2D eigenvalue weighted by atomic mass is 9.95. The number of nitrogens with one attached hydrogen (secondary N) is 1. The second-order valence-electron chi connectivity index (χ2n) is 9.35. The van der Waals surface area contributed by atoms with Crippen LogP contribution in [0.3, 0.4) is 0 Å². The van der Waals surface area contributed by atoms with E-state index in [0.717, 1.165) is 42.4 Å². The van der Waals surface area contributed by atoms with Crippen molar-refractivity contribution in [3.8, 4) is 0 Å². The Morgan fingerprint density at radius 3 is 2.51 bits per heavy atom. The number of pyridine rings is 1. The van der Waals surface area contributed by atoms with Crippen LogP contribution in [0.5, 0.6) is 0 Å². The monoisotopic (exact) mass is 504 g/mol. The first-order chi connectivity index (χ1) is 16.9. The van der Waals surface area contributed by atoms with Crippen molar-refractivity contribution in [3.05, 3.63) is 80.1 Å². The topological polar surface area (TPSA) is 66.7 Å².